The number of likely N-dealkylation sites (tertiary alicyclic amines) is 1. The topological polar surface area (TPSA) is 20.3 Å². The lowest BCUT2D eigenvalue weighted by molar-refractivity contribution is -0.138. The number of hydrogen-bond donors (Lipinski definition) is 0. The van der Waals surface area contributed by atoms with E-state index in [0.29, 0.717) is 19.5 Å². The van der Waals surface area contributed by atoms with Crippen LogP contribution in [-0.2, 0) is 6.18 Å². The van der Waals surface area contributed by atoms with Gasteiger partial charge < -0.3 is 4.90 Å². The van der Waals surface area contributed by atoms with Crippen LogP contribution >= 0.6 is 11.6 Å². The van der Waals surface area contributed by atoms with Gasteiger partial charge in [0, 0.05) is 13.1 Å². The second-order valence-electron chi connectivity index (χ2n) is 4.53. The SMILES string of the molecule is O=C(c1ccccc1C(F)(F)F)N1CCCC(Cl)C1. The number of nitrogens with zero attached hydrogens (tertiary/aromatic N) is 1. The largest absolute Gasteiger partial charge is 0.417 e. The normalized spacial score (nSPS) is 20.4. The molecule has 1 aliphatic heterocycles. The summed E-state index contributed by atoms with van der Waals surface area (Å²) < 4.78 is 38.6. The summed E-state index contributed by atoms with van der Waals surface area (Å²) in [5, 5.41) is -0.184. The van der Waals surface area contributed by atoms with Crippen LogP contribution in [0.25, 0.3) is 0 Å². The van der Waals surface area contributed by atoms with Gasteiger partial charge in [0.25, 0.3) is 5.91 Å². The summed E-state index contributed by atoms with van der Waals surface area (Å²) in [6, 6.07) is 4.85. The maximum absolute atomic E-state index is 12.9. The molecule has 0 aromatic heterocycles. The molecule has 1 heterocycles. The average Bonchev–Trinajstić information content (AvgIpc) is 2.37. The van der Waals surface area contributed by atoms with E-state index in [0.717, 1.165) is 12.5 Å². The molecular weight excluding hydrogens is 279 g/mol. The highest BCUT2D eigenvalue weighted by Gasteiger charge is 2.36. The van der Waals surface area contributed by atoms with Gasteiger partial charge in [-0.3, -0.25) is 4.79 Å². The fourth-order valence-corrected chi connectivity index (χ4v) is 2.52. The number of hydrogen-bond acceptors (Lipinski definition) is 1. The number of alkyl halides is 4. The fraction of sp³-hybridized carbons (Fsp3) is 0.462. The first-order valence-corrected chi connectivity index (χ1v) is 6.43. The van der Waals surface area contributed by atoms with Crippen LogP contribution in [0.2, 0.25) is 0 Å². The van der Waals surface area contributed by atoms with Crippen LogP contribution in [0.4, 0.5) is 13.2 Å². The van der Waals surface area contributed by atoms with Crippen LogP contribution < -0.4 is 0 Å². The van der Waals surface area contributed by atoms with Crippen molar-refractivity contribution in [1.82, 2.24) is 4.90 Å². The van der Waals surface area contributed by atoms with E-state index in [9.17, 15) is 18.0 Å². The molecule has 0 bridgehead atoms. The van der Waals surface area contributed by atoms with Crippen molar-refractivity contribution in [1.29, 1.82) is 0 Å². The Morgan fingerprint density at radius 1 is 1.32 bits per heavy atom. The number of carbonyl (C=O) groups excluding carboxylic acids is 1. The number of carbonyl (C=O) groups is 1. The zero-order valence-electron chi connectivity index (χ0n) is 10.1. The van der Waals surface area contributed by atoms with Gasteiger partial charge in [0.05, 0.1) is 16.5 Å². The molecule has 1 amide bonds. The quantitative estimate of drug-likeness (QED) is 0.725. The fourth-order valence-electron chi connectivity index (χ4n) is 2.20. The number of benzene rings is 1. The predicted octanol–water partition coefficient (Wildman–Crippen LogP) is 3.55. The Balaban J connectivity index is 2.29. The van der Waals surface area contributed by atoms with Gasteiger partial charge in [-0.2, -0.15) is 13.2 Å². The Morgan fingerprint density at radius 3 is 2.63 bits per heavy atom. The van der Waals surface area contributed by atoms with E-state index in [1.807, 2.05) is 0 Å². The Kier molecular flexibility index (Phi) is 4.04. The van der Waals surface area contributed by atoms with Gasteiger partial charge in [-0.1, -0.05) is 12.1 Å². The first-order valence-electron chi connectivity index (χ1n) is 5.99. The minimum absolute atomic E-state index is 0.184. The molecule has 1 aliphatic rings. The van der Waals surface area contributed by atoms with Gasteiger partial charge in [0.1, 0.15) is 0 Å². The van der Waals surface area contributed by atoms with Crippen LogP contribution in [0.3, 0.4) is 0 Å². The number of rotatable bonds is 1. The van der Waals surface area contributed by atoms with Crippen LogP contribution in [0.1, 0.15) is 28.8 Å². The van der Waals surface area contributed by atoms with E-state index in [-0.39, 0.29) is 10.9 Å². The maximum atomic E-state index is 12.9. The molecular formula is C13H13ClF3NO. The van der Waals surface area contributed by atoms with Crippen LogP contribution in [-0.4, -0.2) is 29.3 Å². The minimum Gasteiger partial charge on any atom is -0.337 e. The van der Waals surface area contributed by atoms with Gasteiger partial charge in [0.15, 0.2) is 0 Å². The average molecular weight is 292 g/mol. The summed E-state index contributed by atoms with van der Waals surface area (Å²) in [5.41, 5.74) is -1.20. The number of amides is 1. The highest BCUT2D eigenvalue weighted by Crippen LogP contribution is 2.32. The summed E-state index contributed by atoms with van der Waals surface area (Å²) in [7, 11) is 0. The molecule has 0 aliphatic carbocycles. The lowest BCUT2D eigenvalue weighted by Gasteiger charge is -2.30. The van der Waals surface area contributed by atoms with Crippen molar-refractivity contribution in [3.63, 3.8) is 0 Å². The molecule has 0 radical (unpaired) electrons. The molecule has 2 nitrogen and oxygen atoms in total. The summed E-state index contributed by atoms with van der Waals surface area (Å²) in [6.07, 6.45) is -3.03. The van der Waals surface area contributed by atoms with Crippen molar-refractivity contribution in [3.05, 3.63) is 35.4 Å². The van der Waals surface area contributed by atoms with Crippen LogP contribution in [0.5, 0.6) is 0 Å². The number of halogens is 4. The van der Waals surface area contributed by atoms with E-state index >= 15 is 0 Å². The Morgan fingerprint density at radius 2 is 2.00 bits per heavy atom. The van der Waals surface area contributed by atoms with Gasteiger partial charge in [-0.25, -0.2) is 0 Å². The van der Waals surface area contributed by atoms with E-state index in [1.54, 1.807) is 0 Å². The Bertz CT molecular complexity index is 475. The molecule has 104 valence electrons. The van der Waals surface area contributed by atoms with Gasteiger partial charge in [-0.15, -0.1) is 11.6 Å². The Hall–Kier alpha value is -1.23. The third-order valence-electron chi connectivity index (χ3n) is 3.11. The molecule has 6 heteroatoms. The molecule has 2 rings (SSSR count). The third kappa shape index (κ3) is 3.21. The van der Waals surface area contributed by atoms with Crippen molar-refractivity contribution in [3.8, 4) is 0 Å². The molecule has 1 saturated heterocycles. The third-order valence-corrected chi connectivity index (χ3v) is 3.47. The minimum atomic E-state index is -4.53. The smallest absolute Gasteiger partial charge is 0.337 e. The first-order chi connectivity index (χ1) is 8.89. The molecule has 1 aromatic rings. The molecule has 0 N–H and O–H groups in total. The lowest BCUT2D eigenvalue weighted by Crippen LogP contribution is -2.41. The molecule has 0 spiro atoms. The van der Waals surface area contributed by atoms with Crippen LogP contribution in [0.15, 0.2) is 24.3 Å². The lowest BCUT2D eigenvalue weighted by atomic mass is 10.0. The van der Waals surface area contributed by atoms with Crippen molar-refractivity contribution in [2.45, 2.75) is 24.4 Å². The van der Waals surface area contributed by atoms with Crippen molar-refractivity contribution in [2.75, 3.05) is 13.1 Å². The van der Waals surface area contributed by atoms with Gasteiger partial charge in [0.2, 0.25) is 0 Å². The summed E-state index contributed by atoms with van der Waals surface area (Å²) >= 11 is 5.96. The van der Waals surface area contributed by atoms with E-state index < -0.39 is 17.6 Å². The molecule has 1 unspecified atom stereocenters. The molecule has 19 heavy (non-hydrogen) atoms. The highest BCUT2D eigenvalue weighted by molar-refractivity contribution is 6.21. The van der Waals surface area contributed by atoms with Gasteiger partial charge in [-0.05, 0) is 25.0 Å². The Labute approximate surface area is 114 Å². The molecule has 0 saturated carbocycles. The highest BCUT2D eigenvalue weighted by atomic mass is 35.5. The van der Waals surface area contributed by atoms with Crippen LogP contribution in [0, 0.1) is 0 Å². The standard InChI is InChI=1S/C13H13ClF3NO/c14-9-4-3-7-18(8-9)12(19)10-5-1-2-6-11(10)13(15,16)17/h1-2,5-6,9H,3-4,7-8H2. The van der Waals surface area contributed by atoms with E-state index in [2.05, 4.69) is 0 Å². The number of piperidine rings is 1. The second-order valence-corrected chi connectivity index (χ2v) is 5.15. The van der Waals surface area contributed by atoms with E-state index in [4.69, 9.17) is 11.6 Å². The summed E-state index contributed by atoms with van der Waals surface area (Å²) in [4.78, 5) is 13.6. The van der Waals surface area contributed by atoms with Crippen molar-refractivity contribution < 1.29 is 18.0 Å². The monoisotopic (exact) mass is 291 g/mol. The zero-order valence-corrected chi connectivity index (χ0v) is 10.8. The molecule has 1 atom stereocenters. The maximum Gasteiger partial charge on any atom is 0.417 e. The predicted molar refractivity (Wildman–Crippen MR) is 66.2 cm³/mol. The van der Waals surface area contributed by atoms with Gasteiger partial charge >= 0.3 is 6.18 Å². The van der Waals surface area contributed by atoms with Crippen molar-refractivity contribution >= 4 is 17.5 Å². The summed E-state index contributed by atoms with van der Waals surface area (Å²) in [5.74, 6) is -0.599. The van der Waals surface area contributed by atoms with E-state index in [1.165, 1.54) is 23.1 Å². The second kappa shape index (κ2) is 5.41. The summed E-state index contributed by atoms with van der Waals surface area (Å²) in [6.45, 7) is 0.751. The molecule has 1 fully saturated rings. The van der Waals surface area contributed by atoms with Crippen molar-refractivity contribution in [2.24, 2.45) is 0 Å². The zero-order chi connectivity index (χ0) is 14.0. The molecule has 1 aromatic carbocycles. The first kappa shape index (κ1) is 14.2.